The number of pyridine rings is 1. The van der Waals surface area contributed by atoms with Crippen LogP contribution < -0.4 is 5.32 Å². The normalized spacial score (nSPS) is 11.8. The van der Waals surface area contributed by atoms with Gasteiger partial charge in [0.05, 0.1) is 10.5 Å². The molecule has 0 radical (unpaired) electrons. The molecule has 0 unspecified atom stereocenters. The van der Waals surface area contributed by atoms with Crippen molar-refractivity contribution in [2.45, 2.75) is 13.8 Å². The second-order valence-electron chi connectivity index (χ2n) is 5.17. The molecule has 96 valence electrons. The van der Waals surface area contributed by atoms with Crippen molar-refractivity contribution in [1.29, 1.82) is 0 Å². The van der Waals surface area contributed by atoms with E-state index in [1.54, 1.807) is 6.20 Å². The molecule has 0 aliphatic heterocycles. The molecule has 0 amide bonds. The minimum atomic E-state index is -0.159. The molecule has 1 heterocycles. The van der Waals surface area contributed by atoms with Crippen molar-refractivity contribution in [2.75, 3.05) is 18.5 Å². The van der Waals surface area contributed by atoms with Crippen molar-refractivity contribution in [3.8, 4) is 0 Å². The van der Waals surface area contributed by atoms with Gasteiger partial charge in [0.1, 0.15) is 0 Å². The first-order chi connectivity index (χ1) is 8.53. The summed E-state index contributed by atoms with van der Waals surface area (Å²) in [6.45, 7) is 4.85. The Balaban J connectivity index is 2.32. The number of hydrogen-bond donors (Lipinski definition) is 2. The Morgan fingerprint density at radius 2 is 2.11 bits per heavy atom. The van der Waals surface area contributed by atoms with E-state index < -0.39 is 0 Å². The van der Waals surface area contributed by atoms with E-state index in [1.165, 1.54) is 0 Å². The van der Waals surface area contributed by atoms with Crippen LogP contribution in [-0.4, -0.2) is 23.2 Å². The Kier molecular flexibility index (Phi) is 3.73. The van der Waals surface area contributed by atoms with Crippen LogP contribution in [-0.2, 0) is 0 Å². The maximum Gasteiger partial charge on any atom is 0.0908 e. The SMILES string of the molecule is CC(C)(CO)CNc1ccc(Cl)c2ncccc12. The summed E-state index contributed by atoms with van der Waals surface area (Å²) in [5.74, 6) is 0. The molecule has 2 aromatic rings. The molecule has 0 saturated carbocycles. The summed E-state index contributed by atoms with van der Waals surface area (Å²) in [6.07, 6.45) is 1.73. The first-order valence-electron chi connectivity index (χ1n) is 5.91. The highest BCUT2D eigenvalue weighted by atomic mass is 35.5. The van der Waals surface area contributed by atoms with E-state index in [-0.39, 0.29) is 12.0 Å². The first kappa shape index (κ1) is 13.1. The average molecular weight is 265 g/mol. The number of hydrogen-bond acceptors (Lipinski definition) is 3. The molecular weight excluding hydrogens is 248 g/mol. The number of aliphatic hydroxyl groups is 1. The van der Waals surface area contributed by atoms with Crippen molar-refractivity contribution in [1.82, 2.24) is 4.98 Å². The lowest BCUT2D eigenvalue weighted by molar-refractivity contribution is 0.171. The number of aromatic nitrogens is 1. The van der Waals surface area contributed by atoms with Crippen LogP contribution in [0.5, 0.6) is 0 Å². The van der Waals surface area contributed by atoms with Crippen LogP contribution in [0.1, 0.15) is 13.8 Å². The first-order valence-corrected chi connectivity index (χ1v) is 6.29. The van der Waals surface area contributed by atoms with Crippen LogP contribution in [0.25, 0.3) is 10.9 Å². The van der Waals surface area contributed by atoms with Crippen LogP contribution in [0.4, 0.5) is 5.69 Å². The molecule has 1 aromatic carbocycles. The van der Waals surface area contributed by atoms with Crippen LogP contribution in [0, 0.1) is 5.41 Å². The van der Waals surface area contributed by atoms with Gasteiger partial charge in [0, 0.05) is 35.8 Å². The third-order valence-electron chi connectivity index (χ3n) is 2.91. The van der Waals surface area contributed by atoms with E-state index in [2.05, 4.69) is 10.3 Å². The molecule has 1 aromatic heterocycles. The summed E-state index contributed by atoms with van der Waals surface area (Å²) in [5, 5.41) is 14.3. The lowest BCUT2D eigenvalue weighted by atomic mass is 9.95. The highest BCUT2D eigenvalue weighted by Crippen LogP contribution is 2.28. The zero-order valence-corrected chi connectivity index (χ0v) is 11.3. The van der Waals surface area contributed by atoms with E-state index >= 15 is 0 Å². The number of aliphatic hydroxyl groups excluding tert-OH is 1. The molecule has 0 saturated heterocycles. The predicted octanol–water partition coefficient (Wildman–Crippen LogP) is 3.32. The molecule has 0 fully saturated rings. The summed E-state index contributed by atoms with van der Waals surface area (Å²) >= 11 is 6.12. The lowest BCUT2D eigenvalue weighted by Crippen LogP contribution is -2.26. The van der Waals surface area contributed by atoms with Crippen LogP contribution in [0.2, 0.25) is 5.02 Å². The standard InChI is InChI=1S/C14H17ClN2O/c1-14(2,9-18)8-17-12-6-5-11(15)13-10(12)4-3-7-16-13/h3-7,17-18H,8-9H2,1-2H3. The van der Waals surface area contributed by atoms with Gasteiger partial charge in [0.2, 0.25) is 0 Å². The number of nitrogens with zero attached hydrogens (tertiary/aromatic N) is 1. The Bertz CT molecular complexity index is 554. The topological polar surface area (TPSA) is 45.1 Å². The molecule has 0 bridgehead atoms. The summed E-state index contributed by atoms with van der Waals surface area (Å²) in [6, 6.07) is 7.66. The van der Waals surface area contributed by atoms with E-state index in [4.69, 9.17) is 11.6 Å². The summed E-state index contributed by atoms with van der Waals surface area (Å²) in [4.78, 5) is 4.28. The summed E-state index contributed by atoms with van der Waals surface area (Å²) < 4.78 is 0. The summed E-state index contributed by atoms with van der Waals surface area (Å²) in [7, 11) is 0. The lowest BCUT2D eigenvalue weighted by Gasteiger charge is -2.23. The Hall–Kier alpha value is -1.32. The summed E-state index contributed by atoms with van der Waals surface area (Å²) in [5.41, 5.74) is 1.63. The van der Waals surface area contributed by atoms with Gasteiger partial charge in [-0.2, -0.15) is 0 Å². The van der Waals surface area contributed by atoms with Gasteiger partial charge >= 0.3 is 0 Å². The van der Waals surface area contributed by atoms with Gasteiger partial charge in [-0.15, -0.1) is 0 Å². The minimum Gasteiger partial charge on any atom is -0.396 e. The number of fused-ring (bicyclic) bond motifs is 1. The number of nitrogens with one attached hydrogen (secondary N) is 1. The third kappa shape index (κ3) is 2.74. The van der Waals surface area contributed by atoms with Crippen molar-refractivity contribution < 1.29 is 5.11 Å². The average Bonchev–Trinajstić information content (AvgIpc) is 2.38. The van der Waals surface area contributed by atoms with E-state index in [9.17, 15) is 5.11 Å². The fraction of sp³-hybridized carbons (Fsp3) is 0.357. The van der Waals surface area contributed by atoms with Gasteiger partial charge in [0.15, 0.2) is 0 Å². The predicted molar refractivity (Wildman–Crippen MR) is 76.1 cm³/mol. The highest BCUT2D eigenvalue weighted by molar-refractivity contribution is 6.35. The van der Waals surface area contributed by atoms with Crippen molar-refractivity contribution >= 4 is 28.2 Å². The molecular formula is C14H17ClN2O. The van der Waals surface area contributed by atoms with E-state index in [0.29, 0.717) is 11.6 Å². The van der Waals surface area contributed by atoms with Crippen LogP contribution in [0.3, 0.4) is 0 Å². The Morgan fingerprint density at radius 1 is 1.33 bits per heavy atom. The van der Waals surface area contributed by atoms with Gasteiger partial charge in [-0.3, -0.25) is 4.98 Å². The molecule has 2 rings (SSSR count). The van der Waals surface area contributed by atoms with Crippen LogP contribution >= 0.6 is 11.6 Å². The van der Waals surface area contributed by atoms with Gasteiger partial charge < -0.3 is 10.4 Å². The minimum absolute atomic E-state index is 0.143. The van der Waals surface area contributed by atoms with Crippen molar-refractivity contribution in [3.63, 3.8) is 0 Å². The van der Waals surface area contributed by atoms with Crippen LogP contribution in [0.15, 0.2) is 30.5 Å². The molecule has 2 N–H and O–H groups in total. The number of rotatable bonds is 4. The molecule has 4 heteroatoms. The van der Waals surface area contributed by atoms with Gasteiger partial charge in [0.25, 0.3) is 0 Å². The van der Waals surface area contributed by atoms with Gasteiger partial charge in [-0.05, 0) is 24.3 Å². The molecule has 3 nitrogen and oxygen atoms in total. The monoisotopic (exact) mass is 264 g/mol. The number of benzene rings is 1. The zero-order chi connectivity index (χ0) is 13.2. The highest BCUT2D eigenvalue weighted by Gasteiger charge is 2.16. The number of anilines is 1. The largest absolute Gasteiger partial charge is 0.396 e. The van der Waals surface area contributed by atoms with Crippen molar-refractivity contribution in [2.24, 2.45) is 5.41 Å². The van der Waals surface area contributed by atoms with E-state index in [0.717, 1.165) is 16.6 Å². The smallest absolute Gasteiger partial charge is 0.0908 e. The van der Waals surface area contributed by atoms with E-state index in [1.807, 2.05) is 38.1 Å². The Labute approximate surface area is 112 Å². The van der Waals surface area contributed by atoms with Gasteiger partial charge in [-0.1, -0.05) is 25.4 Å². The second kappa shape index (κ2) is 5.12. The fourth-order valence-electron chi connectivity index (χ4n) is 1.68. The molecule has 18 heavy (non-hydrogen) atoms. The molecule has 0 aliphatic rings. The molecule has 0 atom stereocenters. The second-order valence-corrected chi connectivity index (χ2v) is 5.58. The third-order valence-corrected chi connectivity index (χ3v) is 3.21. The Morgan fingerprint density at radius 3 is 2.83 bits per heavy atom. The maximum absolute atomic E-state index is 9.26. The van der Waals surface area contributed by atoms with Crippen molar-refractivity contribution in [3.05, 3.63) is 35.5 Å². The quantitative estimate of drug-likeness (QED) is 0.890. The fourth-order valence-corrected chi connectivity index (χ4v) is 1.90. The molecule has 0 spiro atoms. The zero-order valence-electron chi connectivity index (χ0n) is 10.6. The number of halogens is 1. The molecule has 0 aliphatic carbocycles. The van der Waals surface area contributed by atoms with Gasteiger partial charge in [-0.25, -0.2) is 0 Å². The maximum atomic E-state index is 9.26.